The second-order valence-electron chi connectivity index (χ2n) is 14.2. The number of tetrazole rings is 1. The van der Waals surface area contributed by atoms with Gasteiger partial charge in [-0.3, -0.25) is 0 Å². The highest BCUT2D eigenvalue weighted by Gasteiger charge is 2.42. The highest BCUT2D eigenvalue weighted by atomic mass is 28.3. The van der Waals surface area contributed by atoms with E-state index in [1.807, 2.05) is 4.68 Å². The molecule has 247 valence electrons. The van der Waals surface area contributed by atoms with Crippen LogP contribution in [-0.2, 0) is 29.4 Å². The first-order valence-corrected chi connectivity index (χ1v) is 19.6. The molecule has 1 aliphatic heterocycles. The monoisotopic (exact) mass is 662 g/mol. The average Bonchev–Trinajstić information content (AvgIpc) is 3.52. The van der Waals surface area contributed by atoms with Crippen molar-refractivity contribution in [2.45, 2.75) is 64.9 Å². The van der Waals surface area contributed by atoms with Gasteiger partial charge in [-0.1, -0.05) is 142 Å². The van der Waals surface area contributed by atoms with E-state index in [1.165, 1.54) is 28.1 Å². The maximum atomic E-state index is 6.63. The van der Waals surface area contributed by atoms with E-state index in [-0.39, 0.29) is 11.5 Å². The van der Waals surface area contributed by atoms with Gasteiger partial charge in [-0.15, -0.1) is 5.10 Å². The molecular formula is C42H44N5OSi. The lowest BCUT2D eigenvalue weighted by molar-refractivity contribution is 0.0865. The Morgan fingerprint density at radius 2 is 1.20 bits per heavy atom. The van der Waals surface area contributed by atoms with Gasteiger partial charge in [0.1, 0.15) is 5.54 Å². The quantitative estimate of drug-likeness (QED) is 0.114. The zero-order valence-electron chi connectivity index (χ0n) is 29.0. The van der Waals surface area contributed by atoms with Crippen molar-refractivity contribution in [1.82, 2.24) is 20.2 Å². The van der Waals surface area contributed by atoms with Gasteiger partial charge in [0.15, 0.2) is 5.82 Å². The summed E-state index contributed by atoms with van der Waals surface area (Å²) >= 11 is 0. The Kier molecular flexibility index (Phi) is 9.05. The van der Waals surface area contributed by atoms with Crippen molar-refractivity contribution in [1.29, 1.82) is 0 Å². The van der Waals surface area contributed by atoms with Gasteiger partial charge < -0.3 is 9.33 Å². The van der Waals surface area contributed by atoms with Crippen LogP contribution >= 0.6 is 0 Å². The number of anilines is 2. The van der Waals surface area contributed by atoms with Crippen LogP contribution < -0.4 is 4.90 Å². The SMILES string of the molecule is C[Si](C)OC(c1ccc2c(c1)CCc1ccccc1N2Cc1nnnn1C(c1ccccc1)(c1ccccc1)c1ccccc1)C(C)(C)C. The standard InChI is InChI=1S/C42H44N5OSi/c1-41(2,3)40(48-49(4)5)33-27-28-38-32(29-33)26-25-31-17-15-16-24-37(31)46(38)30-39-43-44-45-47(39)42(34-18-9-6-10-19-34,35-20-11-7-12-21-35)36-22-13-8-14-23-36/h6-24,27-29,40H,25-26,30H2,1-5H3. The lowest BCUT2D eigenvalue weighted by Gasteiger charge is -2.37. The number of rotatable bonds is 9. The van der Waals surface area contributed by atoms with Gasteiger partial charge in [-0.2, -0.15) is 0 Å². The normalized spacial score (nSPS) is 13.9. The van der Waals surface area contributed by atoms with Crippen LogP contribution in [0, 0.1) is 5.41 Å². The Morgan fingerprint density at radius 1 is 0.673 bits per heavy atom. The number of para-hydroxylation sites is 1. The van der Waals surface area contributed by atoms with Crippen molar-refractivity contribution >= 4 is 20.4 Å². The summed E-state index contributed by atoms with van der Waals surface area (Å²) in [5, 5.41) is 14.0. The van der Waals surface area contributed by atoms with Gasteiger partial charge in [-0.25, -0.2) is 4.68 Å². The van der Waals surface area contributed by atoms with Crippen LogP contribution in [0.4, 0.5) is 11.4 Å². The minimum atomic E-state index is -0.901. The molecule has 1 aromatic heterocycles. The topological polar surface area (TPSA) is 56.1 Å². The summed E-state index contributed by atoms with van der Waals surface area (Å²) in [6, 6.07) is 47.5. The van der Waals surface area contributed by atoms with Crippen LogP contribution in [0.2, 0.25) is 13.1 Å². The largest absolute Gasteiger partial charge is 0.410 e. The summed E-state index contributed by atoms with van der Waals surface area (Å²) in [5.41, 5.74) is 8.66. The highest BCUT2D eigenvalue weighted by Crippen LogP contribution is 2.44. The Labute approximate surface area is 292 Å². The maximum absolute atomic E-state index is 6.63. The molecule has 6 aromatic rings. The molecule has 5 aromatic carbocycles. The molecule has 0 fully saturated rings. The fraction of sp³-hybridized carbons (Fsp3) is 0.262. The molecule has 0 saturated heterocycles. The molecular weight excluding hydrogens is 619 g/mol. The van der Waals surface area contributed by atoms with Crippen LogP contribution in [0.1, 0.15) is 66.1 Å². The zero-order valence-corrected chi connectivity index (χ0v) is 30.0. The number of hydrogen-bond donors (Lipinski definition) is 0. The number of nitrogens with zero attached hydrogens (tertiary/aromatic N) is 5. The maximum Gasteiger partial charge on any atom is 0.205 e. The molecule has 1 aliphatic rings. The van der Waals surface area contributed by atoms with E-state index in [0.717, 1.165) is 35.4 Å². The molecule has 49 heavy (non-hydrogen) atoms. The number of hydrogen-bond acceptors (Lipinski definition) is 5. The minimum Gasteiger partial charge on any atom is -0.410 e. The summed E-state index contributed by atoms with van der Waals surface area (Å²) < 4.78 is 8.68. The molecule has 1 radical (unpaired) electrons. The molecule has 0 aliphatic carbocycles. The van der Waals surface area contributed by atoms with E-state index in [4.69, 9.17) is 14.7 Å². The minimum absolute atomic E-state index is 0.0244. The summed E-state index contributed by atoms with van der Waals surface area (Å²) in [6.07, 6.45) is 1.92. The number of benzene rings is 5. The van der Waals surface area contributed by atoms with Crippen molar-refractivity contribution in [2.75, 3.05) is 4.90 Å². The van der Waals surface area contributed by atoms with Crippen molar-refractivity contribution < 1.29 is 4.43 Å². The van der Waals surface area contributed by atoms with Crippen LogP contribution in [-0.4, -0.2) is 29.2 Å². The van der Waals surface area contributed by atoms with Crippen molar-refractivity contribution in [2.24, 2.45) is 5.41 Å². The predicted molar refractivity (Wildman–Crippen MR) is 199 cm³/mol. The average molecular weight is 663 g/mol. The van der Waals surface area contributed by atoms with E-state index < -0.39 is 14.6 Å². The Balaban J connectivity index is 1.41. The molecule has 0 bridgehead atoms. The second kappa shape index (κ2) is 13.6. The predicted octanol–water partition coefficient (Wildman–Crippen LogP) is 9.31. The molecule has 7 rings (SSSR count). The van der Waals surface area contributed by atoms with Crippen LogP contribution in [0.25, 0.3) is 0 Å². The van der Waals surface area contributed by atoms with E-state index in [1.54, 1.807) is 0 Å². The molecule has 7 heteroatoms. The molecule has 0 amide bonds. The van der Waals surface area contributed by atoms with Crippen molar-refractivity contribution in [3.8, 4) is 0 Å². The molecule has 6 nitrogen and oxygen atoms in total. The van der Waals surface area contributed by atoms with Crippen molar-refractivity contribution in [3.63, 3.8) is 0 Å². The van der Waals surface area contributed by atoms with Crippen LogP contribution in [0.5, 0.6) is 0 Å². The third-order valence-corrected chi connectivity index (χ3v) is 10.2. The molecule has 1 atom stereocenters. The van der Waals surface area contributed by atoms with Gasteiger partial charge >= 0.3 is 0 Å². The zero-order chi connectivity index (χ0) is 34.0. The first-order chi connectivity index (χ1) is 23.8. The lowest BCUT2D eigenvalue weighted by atomic mass is 9.77. The fourth-order valence-electron chi connectivity index (χ4n) is 7.38. The summed E-state index contributed by atoms with van der Waals surface area (Å²) in [7, 11) is -0.901. The first-order valence-electron chi connectivity index (χ1n) is 17.2. The lowest BCUT2D eigenvalue weighted by Crippen LogP contribution is -2.40. The Hall–Kier alpha value is -4.85. The fourth-order valence-corrected chi connectivity index (χ4v) is 8.34. The molecule has 1 unspecified atom stereocenters. The highest BCUT2D eigenvalue weighted by molar-refractivity contribution is 6.48. The van der Waals surface area contributed by atoms with Crippen LogP contribution in [0.3, 0.4) is 0 Å². The number of aromatic nitrogens is 4. The summed E-state index contributed by atoms with van der Waals surface area (Å²) in [4.78, 5) is 2.41. The van der Waals surface area contributed by atoms with E-state index in [2.05, 4.69) is 177 Å². The molecule has 0 spiro atoms. The van der Waals surface area contributed by atoms with Gasteiger partial charge in [0.25, 0.3) is 0 Å². The first kappa shape index (κ1) is 32.7. The van der Waals surface area contributed by atoms with E-state index in [9.17, 15) is 0 Å². The molecule has 0 N–H and O–H groups in total. The van der Waals surface area contributed by atoms with Gasteiger partial charge in [0, 0.05) is 11.4 Å². The molecule has 2 heterocycles. The number of fused-ring (bicyclic) bond motifs is 2. The van der Waals surface area contributed by atoms with Crippen LogP contribution in [0.15, 0.2) is 133 Å². The van der Waals surface area contributed by atoms with Crippen molar-refractivity contribution in [3.05, 3.63) is 173 Å². The summed E-state index contributed by atoms with van der Waals surface area (Å²) in [5.74, 6) is 0.767. The third-order valence-electron chi connectivity index (χ3n) is 9.51. The summed E-state index contributed by atoms with van der Waals surface area (Å²) in [6.45, 7) is 11.7. The second-order valence-corrected chi connectivity index (χ2v) is 16.2. The van der Waals surface area contributed by atoms with E-state index in [0.29, 0.717) is 6.54 Å². The number of aryl methyl sites for hydroxylation is 2. The van der Waals surface area contributed by atoms with Gasteiger partial charge in [-0.05, 0) is 87.3 Å². The Bertz CT molecular complexity index is 1910. The Morgan fingerprint density at radius 3 is 1.78 bits per heavy atom. The molecule has 0 saturated carbocycles. The third kappa shape index (κ3) is 6.25. The van der Waals surface area contributed by atoms with E-state index >= 15 is 0 Å². The van der Waals surface area contributed by atoms with Gasteiger partial charge in [0.2, 0.25) is 9.04 Å². The van der Waals surface area contributed by atoms with Gasteiger partial charge in [0.05, 0.1) is 12.6 Å². The smallest absolute Gasteiger partial charge is 0.205 e.